The van der Waals surface area contributed by atoms with Crippen LogP contribution in [0.1, 0.15) is 22.7 Å². The summed E-state index contributed by atoms with van der Waals surface area (Å²) >= 11 is 0. The van der Waals surface area contributed by atoms with Crippen molar-refractivity contribution >= 4 is 15.9 Å². The molecule has 156 valence electrons. The molecule has 0 N–H and O–H groups in total. The summed E-state index contributed by atoms with van der Waals surface area (Å²) in [5.74, 6) is -0.262. The van der Waals surface area contributed by atoms with E-state index in [4.69, 9.17) is 0 Å². The van der Waals surface area contributed by atoms with Gasteiger partial charge in [-0.15, -0.1) is 0 Å². The maximum Gasteiger partial charge on any atom is 0.246 e. The van der Waals surface area contributed by atoms with Crippen LogP contribution in [0.25, 0.3) is 0 Å². The molecule has 0 radical (unpaired) electrons. The molecular formula is C24H26N2O3S. The summed E-state index contributed by atoms with van der Waals surface area (Å²) in [7, 11) is -2.14. The molecular weight excluding hydrogens is 396 g/mol. The van der Waals surface area contributed by atoms with Gasteiger partial charge in [0.2, 0.25) is 15.9 Å². The lowest BCUT2D eigenvalue weighted by atomic mass is 10.0. The van der Waals surface area contributed by atoms with E-state index in [-0.39, 0.29) is 5.91 Å². The van der Waals surface area contributed by atoms with Crippen LogP contribution in [0.5, 0.6) is 0 Å². The molecule has 30 heavy (non-hydrogen) atoms. The number of hydrogen-bond donors (Lipinski definition) is 0. The molecule has 0 aliphatic heterocycles. The van der Waals surface area contributed by atoms with Gasteiger partial charge in [0.1, 0.15) is 6.04 Å². The first kappa shape index (κ1) is 21.7. The van der Waals surface area contributed by atoms with Crippen molar-refractivity contribution < 1.29 is 13.2 Å². The highest BCUT2D eigenvalue weighted by Gasteiger charge is 2.34. The second-order valence-corrected chi connectivity index (χ2v) is 9.30. The van der Waals surface area contributed by atoms with E-state index in [9.17, 15) is 13.2 Å². The van der Waals surface area contributed by atoms with Crippen molar-refractivity contribution in [1.82, 2.24) is 9.21 Å². The molecule has 1 atom stereocenters. The van der Waals surface area contributed by atoms with Crippen molar-refractivity contribution in [3.05, 3.63) is 108 Å². The predicted octanol–water partition coefficient (Wildman–Crippen LogP) is 3.85. The molecule has 0 aliphatic rings. The fourth-order valence-corrected chi connectivity index (χ4v) is 3.92. The van der Waals surface area contributed by atoms with Crippen LogP contribution in [0.2, 0.25) is 0 Å². The molecule has 0 fully saturated rings. The zero-order valence-corrected chi connectivity index (χ0v) is 18.0. The van der Waals surface area contributed by atoms with E-state index in [0.717, 1.165) is 21.7 Å². The van der Waals surface area contributed by atoms with Crippen LogP contribution in [0.4, 0.5) is 0 Å². The summed E-state index contributed by atoms with van der Waals surface area (Å²) in [5.41, 5.74) is 2.60. The number of sulfonamides is 1. The van der Waals surface area contributed by atoms with Crippen molar-refractivity contribution in [2.24, 2.45) is 0 Å². The van der Waals surface area contributed by atoms with Crippen LogP contribution >= 0.6 is 0 Å². The summed E-state index contributed by atoms with van der Waals surface area (Å²) in [6.45, 7) is 0.769. The lowest BCUT2D eigenvalue weighted by Crippen LogP contribution is -2.43. The van der Waals surface area contributed by atoms with Crippen molar-refractivity contribution in [2.45, 2.75) is 19.1 Å². The second kappa shape index (κ2) is 9.69. The van der Waals surface area contributed by atoms with Gasteiger partial charge in [0.15, 0.2) is 0 Å². The fraction of sp³-hybridized carbons (Fsp3) is 0.208. The van der Waals surface area contributed by atoms with Gasteiger partial charge < -0.3 is 4.90 Å². The fourth-order valence-electron chi connectivity index (χ4n) is 3.33. The number of rotatable bonds is 8. The maximum absolute atomic E-state index is 13.8. The van der Waals surface area contributed by atoms with Gasteiger partial charge in [-0.25, -0.2) is 8.42 Å². The minimum atomic E-state index is -3.59. The van der Waals surface area contributed by atoms with E-state index in [1.807, 2.05) is 78.9 Å². The standard InChI is InChI=1S/C24H26N2O3S/c1-25(30(2,28)29)23(22-16-10-5-11-17-22)24(27)26(18-20-12-6-3-7-13-20)19-21-14-8-4-9-15-21/h3-17,23H,18-19H2,1-2H3/t23-/m0/s1. The largest absolute Gasteiger partial charge is 0.332 e. The van der Waals surface area contributed by atoms with Gasteiger partial charge >= 0.3 is 0 Å². The minimum Gasteiger partial charge on any atom is -0.332 e. The summed E-state index contributed by atoms with van der Waals surface area (Å²) in [4.78, 5) is 15.5. The molecule has 0 unspecified atom stereocenters. The summed E-state index contributed by atoms with van der Waals surface area (Å²) in [6.07, 6.45) is 1.12. The molecule has 5 nitrogen and oxygen atoms in total. The SMILES string of the molecule is CN([C@H](C(=O)N(Cc1ccccc1)Cc1ccccc1)c1ccccc1)S(C)(=O)=O. The van der Waals surface area contributed by atoms with Crippen molar-refractivity contribution in [2.75, 3.05) is 13.3 Å². The first-order valence-corrected chi connectivity index (χ1v) is 11.6. The average Bonchev–Trinajstić information content (AvgIpc) is 2.75. The molecule has 3 aromatic rings. The average molecular weight is 423 g/mol. The first-order valence-electron chi connectivity index (χ1n) is 9.71. The smallest absolute Gasteiger partial charge is 0.246 e. The van der Waals surface area contributed by atoms with Crippen LogP contribution < -0.4 is 0 Å². The predicted molar refractivity (Wildman–Crippen MR) is 119 cm³/mol. The maximum atomic E-state index is 13.8. The number of carbonyl (C=O) groups is 1. The van der Waals surface area contributed by atoms with Crippen LogP contribution in [-0.2, 0) is 27.9 Å². The number of nitrogens with zero attached hydrogens (tertiary/aromatic N) is 2. The lowest BCUT2D eigenvalue weighted by molar-refractivity contribution is -0.136. The molecule has 0 saturated heterocycles. The number of amides is 1. The highest BCUT2D eigenvalue weighted by molar-refractivity contribution is 7.88. The number of benzene rings is 3. The highest BCUT2D eigenvalue weighted by atomic mass is 32.2. The number of carbonyl (C=O) groups excluding carboxylic acids is 1. The van der Waals surface area contributed by atoms with Crippen LogP contribution in [0.3, 0.4) is 0 Å². The van der Waals surface area contributed by atoms with Gasteiger partial charge in [-0.05, 0) is 16.7 Å². The second-order valence-electron chi connectivity index (χ2n) is 7.26. The van der Waals surface area contributed by atoms with Crippen LogP contribution in [-0.4, -0.2) is 36.8 Å². The molecule has 0 saturated carbocycles. The molecule has 0 aliphatic carbocycles. The van der Waals surface area contributed by atoms with Crippen LogP contribution in [0.15, 0.2) is 91.0 Å². The third-order valence-electron chi connectivity index (χ3n) is 4.98. The molecule has 0 heterocycles. The number of hydrogen-bond acceptors (Lipinski definition) is 3. The molecule has 1 amide bonds. The van der Waals surface area contributed by atoms with Gasteiger partial charge in [-0.3, -0.25) is 4.79 Å². The van der Waals surface area contributed by atoms with Gasteiger partial charge in [0.05, 0.1) is 6.26 Å². The molecule has 3 aromatic carbocycles. The Morgan fingerprint density at radius 1 is 0.767 bits per heavy atom. The lowest BCUT2D eigenvalue weighted by Gasteiger charge is -2.32. The van der Waals surface area contributed by atoms with Gasteiger partial charge in [-0.1, -0.05) is 91.0 Å². The number of likely N-dealkylation sites (N-methyl/N-ethyl adjacent to an activating group) is 1. The summed E-state index contributed by atoms with van der Waals surface area (Å²) in [5, 5.41) is 0. The molecule has 0 spiro atoms. The Labute approximate surface area is 178 Å². The molecule has 0 bridgehead atoms. The zero-order chi connectivity index (χ0) is 21.6. The Hall–Kier alpha value is -2.96. The van der Waals surface area contributed by atoms with E-state index in [1.165, 1.54) is 7.05 Å². The van der Waals surface area contributed by atoms with E-state index < -0.39 is 16.1 Å². The van der Waals surface area contributed by atoms with E-state index >= 15 is 0 Å². The topological polar surface area (TPSA) is 57.7 Å². The van der Waals surface area contributed by atoms with Gasteiger partial charge in [0.25, 0.3) is 0 Å². The quantitative estimate of drug-likeness (QED) is 0.554. The van der Waals surface area contributed by atoms with Gasteiger partial charge in [-0.2, -0.15) is 4.31 Å². The Bertz CT molecular complexity index is 1010. The normalized spacial score (nSPS) is 12.5. The Kier molecular flexibility index (Phi) is 7.03. The third-order valence-corrected chi connectivity index (χ3v) is 6.24. The molecule has 6 heteroatoms. The Balaban J connectivity index is 2.00. The molecule has 3 rings (SSSR count). The van der Waals surface area contributed by atoms with E-state index in [2.05, 4.69) is 0 Å². The third kappa shape index (κ3) is 5.55. The Morgan fingerprint density at radius 2 is 1.17 bits per heavy atom. The minimum absolute atomic E-state index is 0.262. The van der Waals surface area contributed by atoms with Gasteiger partial charge in [0, 0.05) is 20.1 Å². The Morgan fingerprint density at radius 3 is 1.57 bits per heavy atom. The van der Waals surface area contributed by atoms with Crippen molar-refractivity contribution in [3.63, 3.8) is 0 Å². The molecule has 0 aromatic heterocycles. The van der Waals surface area contributed by atoms with Crippen molar-refractivity contribution in [1.29, 1.82) is 0 Å². The summed E-state index contributed by atoms with van der Waals surface area (Å²) < 4.78 is 25.8. The van der Waals surface area contributed by atoms with Crippen molar-refractivity contribution in [3.8, 4) is 0 Å². The summed E-state index contributed by atoms with van der Waals surface area (Å²) in [6, 6.07) is 27.5. The van der Waals surface area contributed by atoms with Crippen LogP contribution in [0, 0.1) is 0 Å². The van der Waals surface area contributed by atoms with E-state index in [0.29, 0.717) is 18.7 Å². The van der Waals surface area contributed by atoms with E-state index in [1.54, 1.807) is 17.0 Å². The first-order chi connectivity index (χ1) is 14.4. The zero-order valence-electron chi connectivity index (χ0n) is 17.2. The monoisotopic (exact) mass is 422 g/mol. The highest BCUT2D eigenvalue weighted by Crippen LogP contribution is 2.26.